The minimum Gasteiger partial charge on any atom is -0.457 e. The molecular formula is C18H23NO2. The van der Waals surface area contributed by atoms with Gasteiger partial charge in [-0.1, -0.05) is 31.2 Å². The van der Waals surface area contributed by atoms with Crippen molar-refractivity contribution in [2.45, 2.75) is 19.9 Å². The third-order valence-electron chi connectivity index (χ3n) is 3.26. The highest BCUT2D eigenvalue weighted by Gasteiger charge is 1.99. The zero-order valence-electron chi connectivity index (χ0n) is 12.8. The molecule has 2 aromatic carbocycles. The molecule has 0 atom stereocenters. The summed E-state index contributed by atoms with van der Waals surface area (Å²) in [5.74, 6) is 1.72. The molecule has 1 N–H and O–H groups in total. The smallest absolute Gasteiger partial charge is 0.127 e. The fourth-order valence-electron chi connectivity index (χ4n) is 2.02. The second kappa shape index (κ2) is 8.45. The maximum atomic E-state index is 5.85. The molecule has 0 radical (unpaired) electrons. The Morgan fingerprint density at radius 2 is 1.43 bits per heavy atom. The van der Waals surface area contributed by atoms with Crippen LogP contribution in [-0.4, -0.2) is 20.3 Å². The Labute approximate surface area is 126 Å². The average molecular weight is 285 g/mol. The molecule has 2 aromatic rings. The lowest BCUT2D eigenvalue weighted by molar-refractivity contribution is 0.202. The first-order valence-corrected chi connectivity index (χ1v) is 7.37. The topological polar surface area (TPSA) is 30.5 Å². The first-order valence-electron chi connectivity index (χ1n) is 7.37. The van der Waals surface area contributed by atoms with Crippen LogP contribution < -0.4 is 10.1 Å². The molecule has 0 aliphatic heterocycles. The van der Waals surface area contributed by atoms with E-state index in [9.17, 15) is 0 Å². The van der Waals surface area contributed by atoms with E-state index in [-0.39, 0.29) is 0 Å². The van der Waals surface area contributed by atoms with Crippen LogP contribution in [0.3, 0.4) is 0 Å². The third kappa shape index (κ3) is 5.21. The molecule has 0 spiro atoms. The van der Waals surface area contributed by atoms with Crippen LogP contribution in [0.5, 0.6) is 11.5 Å². The van der Waals surface area contributed by atoms with Crippen molar-refractivity contribution >= 4 is 0 Å². The predicted molar refractivity (Wildman–Crippen MR) is 85.9 cm³/mol. The molecular weight excluding hydrogens is 262 g/mol. The van der Waals surface area contributed by atoms with Crippen LogP contribution in [0.2, 0.25) is 0 Å². The van der Waals surface area contributed by atoms with Gasteiger partial charge in [-0.25, -0.2) is 0 Å². The van der Waals surface area contributed by atoms with Gasteiger partial charge in [-0.05, 0) is 48.4 Å². The van der Waals surface area contributed by atoms with Crippen LogP contribution >= 0.6 is 0 Å². The third-order valence-corrected chi connectivity index (χ3v) is 3.26. The summed E-state index contributed by atoms with van der Waals surface area (Å²) in [6, 6.07) is 16.3. The Bertz CT molecular complexity index is 470. The van der Waals surface area contributed by atoms with Crippen LogP contribution in [0.1, 0.15) is 18.1 Å². The lowest BCUT2D eigenvalue weighted by Gasteiger charge is -2.08. The molecule has 0 heterocycles. The minimum atomic E-state index is 0.744. The highest BCUT2D eigenvalue weighted by Crippen LogP contribution is 2.22. The van der Waals surface area contributed by atoms with Crippen LogP contribution in [-0.2, 0) is 17.7 Å². The molecule has 0 aliphatic carbocycles. The lowest BCUT2D eigenvalue weighted by Crippen LogP contribution is -2.11. The summed E-state index contributed by atoms with van der Waals surface area (Å²) in [4.78, 5) is 0. The zero-order valence-corrected chi connectivity index (χ0v) is 12.8. The summed E-state index contributed by atoms with van der Waals surface area (Å²) < 4.78 is 10.9. The molecule has 0 unspecified atom stereocenters. The standard InChI is InChI=1S/C18H23NO2/c1-3-19-14-16-6-10-18(11-7-16)21-17-8-4-15(5-9-17)12-13-20-2/h4-11,19H,3,12-14H2,1-2H3. The fraction of sp³-hybridized carbons (Fsp3) is 0.333. The summed E-state index contributed by atoms with van der Waals surface area (Å²) >= 11 is 0. The minimum absolute atomic E-state index is 0.744. The highest BCUT2D eigenvalue weighted by molar-refractivity contribution is 5.34. The Kier molecular flexibility index (Phi) is 6.25. The summed E-state index contributed by atoms with van der Waals surface area (Å²) in [6.45, 7) is 4.72. The summed E-state index contributed by atoms with van der Waals surface area (Å²) in [6.07, 6.45) is 0.926. The van der Waals surface area contributed by atoms with Gasteiger partial charge in [0.25, 0.3) is 0 Å². The molecule has 0 aromatic heterocycles. The molecule has 0 aliphatic rings. The summed E-state index contributed by atoms with van der Waals surface area (Å²) in [5.41, 5.74) is 2.52. The molecule has 2 rings (SSSR count). The molecule has 21 heavy (non-hydrogen) atoms. The van der Waals surface area contributed by atoms with Gasteiger partial charge in [0.1, 0.15) is 11.5 Å². The van der Waals surface area contributed by atoms with Crippen LogP contribution in [0, 0.1) is 0 Å². The van der Waals surface area contributed by atoms with Crippen LogP contribution in [0.25, 0.3) is 0 Å². The van der Waals surface area contributed by atoms with Gasteiger partial charge in [-0.3, -0.25) is 0 Å². The van der Waals surface area contributed by atoms with Crippen molar-refractivity contribution in [2.75, 3.05) is 20.3 Å². The Morgan fingerprint density at radius 1 is 0.857 bits per heavy atom. The van der Waals surface area contributed by atoms with Gasteiger partial charge in [0.05, 0.1) is 6.61 Å². The first kappa shape index (κ1) is 15.5. The van der Waals surface area contributed by atoms with E-state index < -0.39 is 0 Å². The van der Waals surface area contributed by atoms with E-state index in [4.69, 9.17) is 9.47 Å². The number of nitrogens with one attached hydrogen (secondary N) is 1. The molecule has 0 amide bonds. The number of rotatable bonds is 8. The maximum absolute atomic E-state index is 5.85. The normalized spacial score (nSPS) is 10.6. The van der Waals surface area contributed by atoms with E-state index in [1.165, 1.54) is 11.1 Å². The molecule has 112 valence electrons. The van der Waals surface area contributed by atoms with Crippen molar-refractivity contribution < 1.29 is 9.47 Å². The van der Waals surface area contributed by atoms with Gasteiger partial charge >= 0.3 is 0 Å². The van der Waals surface area contributed by atoms with Gasteiger partial charge in [-0.2, -0.15) is 0 Å². The number of hydrogen-bond acceptors (Lipinski definition) is 3. The first-order chi connectivity index (χ1) is 10.3. The lowest BCUT2D eigenvalue weighted by atomic mass is 10.1. The monoisotopic (exact) mass is 285 g/mol. The van der Waals surface area contributed by atoms with E-state index in [2.05, 4.69) is 36.5 Å². The molecule has 3 nitrogen and oxygen atoms in total. The van der Waals surface area contributed by atoms with Gasteiger partial charge < -0.3 is 14.8 Å². The van der Waals surface area contributed by atoms with E-state index in [1.54, 1.807) is 7.11 Å². The second-order valence-electron chi connectivity index (χ2n) is 4.91. The quantitative estimate of drug-likeness (QED) is 0.800. The average Bonchev–Trinajstić information content (AvgIpc) is 2.53. The Balaban J connectivity index is 1.91. The van der Waals surface area contributed by atoms with Gasteiger partial charge in [0, 0.05) is 13.7 Å². The number of ether oxygens (including phenoxy) is 2. The predicted octanol–water partition coefficient (Wildman–Crippen LogP) is 3.78. The van der Waals surface area contributed by atoms with Crippen LogP contribution in [0.4, 0.5) is 0 Å². The van der Waals surface area contributed by atoms with Crippen molar-refractivity contribution in [1.82, 2.24) is 5.32 Å². The molecule has 0 bridgehead atoms. The van der Waals surface area contributed by atoms with Crippen molar-refractivity contribution in [3.05, 3.63) is 59.7 Å². The second-order valence-corrected chi connectivity index (χ2v) is 4.91. The SMILES string of the molecule is CCNCc1ccc(Oc2ccc(CCOC)cc2)cc1. The van der Waals surface area contributed by atoms with E-state index in [1.807, 2.05) is 24.3 Å². The molecule has 0 fully saturated rings. The molecule has 3 heteroatoms. The van der Waals surface area contributed by atoms with Crippen molar-refractivity contribution in [3.8, 4) is 11.5 Å². The zero-order chi connectivity index (χ0) is 14.9. The van der Waals surface area contributed by atoms with Crippen molar-refractivity contribution in [1.29, 1.82) is 0 Å². The summed E-state index contributed by atoms with van der Waals surface area (Å²) in [5, 5.41) is 3.31. The van der Waals surface area contributed by atoms with Crippen LogP contribution in [0.15, 0.2) is 48.5 Å². The number of benzene rings is 2. The van der Waals surface area contributed by atoms with Crippen molar-refractivity contribution in [3.63, 3.8) is 0 Å². The summed E-state index contributed by atoms with van der Waals surface area (Å²) in [7, 11) is 1.72. The number of hydrogen-bond donors (Lipinski definition) is 1. The van der Waals surface area contributed by atoms with E-state index in [0.29, 0.717) is 0 Å². The van der Waals surface area contributed by atoms with Gasteiger partial charge in [0.15, 0.2) is 0 Å². The Morgan fingerprint density at radius 3 is 1.95 bits per heavy atom. The molecule has 0 saturated carbocycles. The van der Waals surface area contributed by atoms with E-state index in [0.717, 1.165) is 37.6 Å². The highest BCUT2D eigenvalue weighted by atomic mass is 16.5. The van der Waals surface area contributed by atoms with Gasteiger partial charge in [-0.15, -0.1) is 0 Å². The Hall–Kier alpha value is -1.84. The number of methoxy groups -OCH3 is 1. The van der Waals surface area contributed by atoms with Crippen molar-refractivity contribution in [2.24, 2.45) is 0 Å². The van der Waals surface area contributed by atoms with E-state index >= 15 is 0 Å². The molecule has 0 saturated heterocycles. The maximum Gasteiger partial charge on any atom is 0.127 e. The van der Waals surface area contributed by atoms with Gasteiger partial charge in [0.2, 0.25) is 0 Å². The largest absolute Gasteiger partial charge is 0.457 e. The fourth-order valence-corrected chi connectivity index (χ4v) is 2.02.